The maximum absolute atomic E-state index is 11.9. The summed E-state index contributed by atoms with van der Waals surface area (Å²) < 4.78 is 0. The number of benzene rings is 1. The van der Waals surface area contributed by atoms with Gasteiger partial charge in [-0.2, -0.15) is 0 Å². The van der Waals surface area contributed by atoms with E-state index >= 15 is 0 Å². The fourth-order valence-electron chi connectivity index (χ4n) is 4.05. The molecule has 2 fully saturated rings. The Morgan fingerprint density at radius 1 is 0.964 bits per heavy atom. The predicted octanol–water partition coefficient (Wildman–Crippen LogP) is 2.55. The number of hydrogen-bond acceptors (Lipinski definition) is 5. The molecule has 0 unspecified atom stereocenters. The minimum Gasteiger partial charge on any atom is -0.296 e. The zero-order valence-electron chi connectivity index (χ0n) is 16.5. The van der Waals surface area contributed by atoms with Gasteiger partial charge in [0.2, 0.25) is 11.8 Å². The molecule has 0 saturated carbocycles. The summed E-state index contributed by atoms with van der Waals surface area (Å²) in [6, 6.07) is 10.7. The Labute approximate surface area is 165 Å². The quantitative estimate of drug-likeness (QED) is 0.766. The Morgan fingerprint density at radius 2 is 1.68 bits per heavy atom. The van der Waals surface area contributed by atoms with Crippen LogP contribution in [0.1, 0.15) is 29.7 Å². The molecule has 1 aromatic carbocycles. The maximum Gasteiger partial charge on any atom is 0.244 e. The van der Waals surface area contributed by atoms with Crippen LogP contribution in [-0.2, 0) is 16.1 Å². The van der Waals surface area contributed by atoms with Crippen molar-refractivity contribution in [2.24, 2.45) is 0 Å². The van der Waals surface area contributed by atoms with Crippen molar-refractivity contribution in [3.63, 3.8) is 0 Å². The van der Waals surface area contributed by atoms with Crippen LogP contribution in [0.15, 0.2) is 36.5 Å². The van der Waals surface area contributed by atoms with E-state index in [2.05, 4.69) is 41.1 Å². The number of aryl methyl sites for hydroxylation is 2. The van der Waals surface area contributed by atoms with Gasteiger partial charge in [-0.25, -0.2) is 10.0 Å². The van der Waals surface area contributed by atoms with E-state index in [0.717, 1.165) is 25.3 Å². The molecule has 2 aliphatic heterocycles. The van der Waals surface area contributed by atoms with E-state index in [1.807, 2.05) is 24.2 Å². The van der Waals surface area contributed by atoms with Crippen molar-refractivity contribution in [2.45, 2.75) is 33.2 Å². The fourth-order valence-corrected chi connectivity index (χ4v) is 4.05. The van der Waals surface area contributed by atoms with Crippen molar-refractivity contribution >= 4 is 11.8 Å². The van der Waals surface area contributed by atoms with Crippen LogP contribution in [0.3, 0.4) is 0 Å². The Kier molecular flexibility index (Phi) is 5.24. The lowest BCUT2D eigenvalue weighted by Crippen LogP contribution is -2.55. The third-order valence-corrected chi connectivity index (χ3v) is 5.71. The van der Waals surface area contributed by atoms with Crippen molar-refractivity contribution < 1.29 is 9.59 Å². The molecule has 0 radical (unpaired) electrons. The molecule has 146 valence electrons. The second-order valence-corrected chi connectivity index (χ2v) is 7.61. The van der Waals surface area contributed by atoms with Gasteiger partial charge < -0.3 is 0 Å². The van der Waals surface area contributed by atoms with Crippen LogP contribution in [0.5, 0.6) is 0 Å². The standard InChI is InChI=1S/C22H26N4O2/c1-16-14-18(20-4-3-9-23-17(20)2)5-6-19(16)15-24-10-12-25(13-11-24)26-21(27)7-8-22(26)28/h3-6,9,14H,7-8,10-13,15H2,1-2H3. The zero-order valence-corrected chi connectivity index (χ0v) is 16.5. The van der Waals surface area contributed by atoms with E-state index < -0.39 is 0 Å². The smallest absolute Gasteiger partial charge is 0.244 e. The molecule has 0 bridgehead atoms. The van der Waals surface area contributed by atoms with Gasteiger partial charge in [0.25, 0.3) is 0 Å². The first-order valence-electron chi connectivity index (χ1n) is 9.87. The second kappa shape index (κ2) is 7.81. The summed E-state index contributed by atoms with van der Waals surface area (Å²) in [6.45, 7) is 8.19. The first-order valence-corrected chi connectivity index (χ1v) is 9.87. The summed E-state index contributed by atoms with van der Waals surface area (Å²) in [7, 11) is 0. The highest BCUT2D eigenvalue weighted by molar-refractivity contribution is 6.01. The van der Waals surface area contributed by atoms with Gasteiger partial charge in [-0.1, -0.05) is 24.3 Å². The van der Waals surface area contributed by atoms with Gasteiger partial charge >= 0.3 is 0 Å². The third-order valence-electron chi connectivity index (χ3n) is 5.71. The number of carbonyl (C=O) groups is 2. The van der Waals surface area contributed by atoms with Crippen molar-refractivity contribution in [3.05, 3.63) is 53.3 Å². The average Bonchev–Trinajstić information content (AvgIpc) is 3.03. The van der Waals surface area contributed by atoms with Crippen molar-refractivity contribution in [3.8, 4) is 11.1 Å². The van der Waals surface area contributed by atoms with Gasteiger partial charge in [0, 0.05) is 63.0 Å². The minimum atomic E-state index is -0.0596. The van der Waals surface area contributed by atoms with E-state index in [0.29, 0.717) is 25.9 Å². The number of hydrazine groups is 1. The van der Waals surface area contributed by atoms with Gasteiger partial charge in [0.15, 0.2) is 0 Å². The molecule has 1 aromatic heterocycles. The van der Waals surface area contributed by atoms with Crippen molar-refractivity contribution in [2.75, 3.05) is 26.2 Å². The van der Waals surface area contributed by atoms with E-state index in [9.17, 15) is 9.59 Å². The van der Waals surface area contributed by atoms with Crippen LogP contribution in [-0.4, -0.2) is 57.9 Å². The summed E-state index contributed by atoms with van der Waals surface area (Å²) in [6.07, 6.45) is 2.52. The van der Waals surface area contributed by atoms with E-state index in [4.69, 9.17) is 0 Å². The van der Waals surface area contributed by atoms with Crippen LogP contribution < -0.4 is 0 Å². The number of nitrogens with zero attached hydrogens (tertiary/aromatic N) is 4. The summed E-state index contributed by atoms with van der Waals surface area (Å²) in [5.74, 6) is -0.119. The van der Waals surface area contributed by atoms with Gasteiger partial charge in [0.05, 0.1) is 0 Å². The van der Waals surface area contributed by atoms with Crippen LogP contribution in [0.4, 0.5) is 0 Å². The monoisotopic (exact) mass is 378 g/mol. The zero-order chi connectivity index (χ0) is 19.7. The maximum atomic E-state index is 11.9. The highest BCUT2D eigenvalue weighted by Crippen LogP contribution is 2.25. The number of amides is 2. The molecular weight excluding hydrogens is 352 g/mol. The highest BCUT2D eigenvalue weighted by atomic mass is 16.2. The second-order valence-electron chi connectivity index (χ2n) is 7.61. The van der Waals surface area contributed by atoms with Crippen molar-refractivity contribution in [1.29, 1.82) is 0 Å². The van der Waals surface area contributed by atoms with E-state index in [1.54, 1.807) is 0 Å². The Morgan fingerprint density at radius 3 is 2.32 bits per heavy atom. The van der Waals surface area contributed by atoms with Crippen LogP contribution in [0.25, 0.3) is 11.1 Å². The number of piperazine rings is 1. The first kappa shape index (κ1) is 18.8. The molecule has 2 aromatic rings. The fraction of sp³-hybridized carbons (Fsp3) is 0.409. The lowest BCUT2D eigenvalue weighted by atomic mass is 9.99. The van der Waals surface area contributed by atoms with Crippen LogP contribution >= 0.6 is 0 Å². The summed E-state index contributed by atoms with van der Waals surface area (Å²) in [5, 5.41) is 3.28. The van der Waals surface area contributed by atoms with Crippen LogP contribution in [0.2, 0.25) is 0 Å². The molecule has 0 N–H and O–H groups in total. The Hall–Kier alpha value is -2.57. The van der Waals surface area contributed by atoms with Crippen molar-refractivity contribution in [1.82, 2.24) is 19.9 Å². The number of hydrogen-bond donors (Lipinski definition) is 0. The third kappa shape index (κ3) is 3.70. The molecular formula is C22H26N4O2. The lowest BCUT2D eigenvalue weighted by molar-refractivity contribution is -0.160. The molecule has 28 heavy (non-hydrogen) atoms. The molecule has 0 spiro atoms. The molecule has 2 aliphatic rings. The number of pyridine rings is 1. The first-order chi connectivity index (χ1) is 13.5. The molecule has 4 rings (SSSR count). The minimum absolute atomic E-state index is 0.0596. The number of imide groups is 1. The number of carbonyl (C=O) groups excluding carboxylic acids is 2. The predicted molar refractivity (Wildman–Crippen MR) is 107 cm³/mol. The molecule has 2 amide bonds. The van der Waals surface area contributed by atoms with Gasteiger partial charge in [0.1, 0.15) is 0 Å². The molecule has 6 heteroatoms. The van der Waals surface area contributed by atoms with E-state index in [1.165, 1.54) is 27.3 Å². The Bertz CT molecular complexity index is 887. The molecule has 0 aliphatic carbocycles. The largest absolute Gasteiger partial charge is 0.296 e. The van der Waals surface area contributed by atoms with Gasteiger partial charge in [-0.05, 0) is 36.6 Å². The number of rotatable bonds is 4. The molecule has 3 heterocycles. The van der Waals surface area contributed by atoms with Crippen LogP contribution in [0, 0.1) is 13.8 Å². The summed E-state index contributed by atoms with van der Waals surface area (Å²) in [5.41, 5.74) is 5.99. The summed E-state index contributed by atoms with van der Waals surface area (Å²) >= 11 is 0. The van der Waals surface area contributed by atoms with Gasteiger partial charge in [-0.15, -0.1) is 0 Å². The van der Waals surface area contributed by atoms with Gasteiger partial charge in [-0.3, -0.25) is 19.5 Å². The molecule has 6 nitrogen and oxygen atoms in total. The normalized spacial score (nSPS) is 18.9. The molecule has 2 saturated heterocycles. The average molecular weight is 378 g/mol. The molecule has 0 atom stereocenters. The topological polar surface area (TPSA) is 56.8 Å². The number of aromatic nitrogens is 1. The summed E-state index contributed by atoms with van der Waals surface area (Å²) in [4.78, 5) is 30.6. The Balaban J connectivity index is 1.40. The van der Waals surface area contributed by atoms with E-state index in [-0.39, 0.29) is 11.8 Å². The lowest BCUT2D eigenvalue weighted by Gasteiger charge is -2.38. The SMILES string of the molecule is Cc1cc(-c2cccnc2C)ccc1CN1CCN(N2C(=O)CCC2=O)CC1. The highest BCUT2D eigenvalue weighted by Gasteiger charge is 2.35.